The summed E-state index contributed by atoms with van der Waals surface area (Å²) in [6.45, 7) is 4.85. The van der Waals surface area contributed by atoms with Gasteiger partial charge in [0.1, 0.15) is 30.8 Å². The topological polar surface area (TPSA) is 114 Å². The third-order valence-electron chi connectivity index (χ3n) is 7.41. The van der Waals surface area contributed by atoms with Gasteiger partial charge in [0.25, 0.3) is 0 Å². The van der Waals surface area contributed by atoms with Crippen molar-refractivity contribution in [2.45, 2.75) is 44.9 Å². The van der Waals surface area contributed by atoms with Crippen molar-refractivity contribution < 1.29 is 23.9 Å². The summed E-state index contributed by atoms with van der Waals surface area (Å²) in [4.78, 5) is 42.9. The molecule has 1 heterocycles. The van der Waals surface area contributed by atoms with E-state index in [1.165, 1.54) is 0 Å². The lowest BCUT2D eigenvalue weighted by molar-refractivity contribution is -0.138. The van der Waals surface area contributed by atoms with E-state index in [1.807, 2.05) is 67.7 Å². The molecule has 0 saturated carbocycles. The van der Waals surface area contributed by atoms with Crippen LogP contribution in [0.2, 0.25) is 0 Å². The molecule has 1 fully saturated rings. The average Bonchev–Trinajstić information content (AvgIpc) is 3.01. The van der Waals surface area contributed by atoms with E-state index in [1.54, 1.807) is 30.0 Å². The Morgan fingerprint density at radius 1 is 0.857 bits per heavy atom. The number of primary amides is 1. The van der Waals surface area contributed by atoms with Gasteiger partial charge in [0.2, 0.25) is 17.7 Å². The molecule has 0 aliphatic carbocycles. The molecule has 0 aromatic heterocycles. The summed E-state index contributed by atoms with van der Waals surface area (Å²) in [6.07, 6.45) is 0.0412. The number of amides is 3. The summed E-state index contributed by atoms with van der Waals surface area (Å²) in [5.74, 6) is -0.832. The second-order valence-electron chi connectivity index (χ2n) is 10.6. The number of nitrogens with two attached hydrogens (primary N) is 1. The van der Waals surface area contributed by atoms with Crippen LogP contribution in [0.15, 0.2) is 78.9 Å². The van der Waals surface area contributed by atoms with Gasteiger partial charge in [-0.3, -0.25) is 14.4 Å². The number of hydrogen-bond acceptors (Lipinski definition) is 6. The van der Waals surface area contributed by atoms with Gasteiger partial charge in [-0.15, -0.1) is 0 Å². The molecule has 9 heteroatoms. The van der Waals surface area contributed by atoms with Crippen LogP contribution in [0.4, 0.5) is 0 Å². The molecule has 3 N–H and O–H groups in total. The first kappa shape index (κ1) is 30.6. The predicted octanol–water partition coefficient (Wildman–Crippen LogP) is 3.47. The van der Waals surface area contributed by atoms with Crippen molar-refractivity contribution >= 4 is 17.7 Å². The predicted molar refractivity (Wildman–Crippen MR) is 161 cm³/mol. The fourth-order valence-electron chi connectivity index (χ4n) is 4.97. The van der Waals surface area contributed by atoms with Crippen molar-refractivity contribution in [3.63, 3.8) is 0 Å². The fraction of sp³-hybridized carbons (Fsp3) is 0.364. The molecule has 3 aromatic rings. The summed E-state index contributed by atoms with van der Waals surface area (Å²) in [7, 11) is 2.01. The van der Waals surface area contributed by atoms with Crippen LogP contribution in [0.3, 0.4) is 0 Å². The second kappa shape index (κ2) is 15.0. The number of benzene rings is 3. The molecule has 0 bridgehead atoms. The Labute approximate surface area is 247 Å². The molecule has 1 saturated heterocycles. The van der Waals surface area contributed by atoms with Crippen LogP contribution in [0, 0.1) is 0 Å². The van der Waals surface area contributed by atoms with E-state index in [9.17, 15) is 14.4 Å². The standard InChI is InChI=1S/C33H40N4O5/c1-3-31(39)35-32(33(40)37-18-16-36(2)17-19-37)28(21-30(34)38)27-15-14-26(41-22-24-10-6-4-7-11-24)20-29(27)42-23-25-12-8-5-9-13-25/h4-15,20,28,32H,3,16-19,21-23H2,1-2H3,(H2,34,38)(H,35,39)/t28?,32-/m0/s1. The van der Waals surface area contributed by atoms with E-state index < -0.39 is 17.9 Å². The molecule has 3 amide bonds. The van der Waals surface area contributed by atoms with Gasteiger partial charge >= 0.3 is 0 Å². The summed E-state index contributed by atoms with van der Waals surface area (Å²) < 4.78 is 12.4. The molecule has 3 aromatic carbocycles. The number of carbonyl (C=O) groups is 3. The maximum absolute atomic E-state index is 13.9. The van der Waals surface area contributed by atoms with Crippen LogP contribution in [-0.2, 0) is 27.6 Å². The van der Waals surface area contributed by atoms with Gasteiger partial charge in [0, 0.05) is 56.6 Å². The molecular weight excluding hydrogens is 532 g/mol. The molecule has 4 rings (SSSR count). The highest BCUT2D eigenvalue weighted by Crippen LogP contribution is 2.36. The minimum atomic E-state index is -0.997. The van der Waals surface area contributed by atoms with Crippen LogP contribution in [0.5, 0.6) is 11.5 Å². The van der Waals surface area contributed by atoms with Crippen LogP contribution < -0.4 is 20.5 Å². The quantitative estimate of drug-likeness (QED) is 0.324. The monoisotopic (exact) mass is 572 g/mol. The lowest BCUT2D eigenvalue weighted by atomic mass is 9.86. The van der Waals surface area contributed by atoms with Crippen molar-refractivity contribution in [2.75, 3.05) is 33.2 Å². The van der Waals surface area contributed by atoms with Gasteiger partial charge in [-0.2, -0.15) is 0 Å². The van der Waals surface area contributed by atoms with E-state index in [2.05, 4.69) is 10.2 Å². The van der Waals surface area contributed by atoms with Gasteiger partial charge in [0.15, 0.2) is 0 Å². The van der Waals surface area contributed by atoms with E-state index in [-0.39, 0.29) is 31.3 Å². The van der Waals surface area contributed by atoms with Crippen LogP contribution in [0.25, 0.3) is 0 Å². The molecule has 1 aliphatic rings. The SMILES string of the molecule is CCC(=O)N[C@H](C(=O)N1CCN(C)CC1)C(CC(N)=O)c1ccc(OCc2ccccc2)cc1OCc1ccccc1. The van der Waals surface area contributed by atoms with Gasteiger partial charge in [0.05, 0.1) is 0 Å². The van der Waals surface area contributed by atoms with Crippen LogP contribution in [0.1, 0.15) is 42.4 Å². The van der Waals surface area contributed by atoms with Crippen LogP contribution in [-0.4, -0.2) is 66.8 Å². The Kier molecular flexibility index (Phi) is 10.9. The highest BCUT2D eigenvalue weighted by Gasteiger charge is 2.37. The first-order valence-electron chi connectivity index (χ1n) is 14.4. The molecule has 1 unspecified atom stereocenters. The van der Waals surface area contributed by atoms with E-state index in [0.29, 0.717) is 36.8 Å². The van der Waals surface area contributed by atoms with E-state index in [0.717, 1.165) is 24.2 Å². The molecule has 0 spiro atoms. The van der Waals surface area contributed by atoms with Gasteiger partial charge in [-0.25, -0.2) is 0 Å². The van der Waals surface area contributed by atoms with E-state index >= 15 is 0 Å². The summed E-state index contributed by atoms with van der Waals surface area (Å²) in [6, 6.07) is 23.9. The fourth-order valence-corrected chi connectivity index (χ4v) is 4.97. The number of ether oxygens (including phenoxy) is 2. The Morgan fingerprint density at radius 3 is 2.02 bits per heavy atom. The molecule has 42 heavy (non-hydrogen) atoms. The number of piperazine rings is 1. The minimum Gasteiger partial charge on any atom is -0.489 e. The molecule has 1 aliphatic heterocycles. The van der Waals surface area contributed by atoms with Crippen molar-refractivity contribution in [2.24, 2.45) is 5.73 Å². The normalized spacial score (nSPS) is 15.0. The average molecular weight is 573 g/mol. The zero-order valence-corrected chi connectivity index (χ0v) is 24.3. The molecule has 0 radical (unpaired) electrons. The lowest BCUT2D eigenvalue weighted by Crippen LogP contribution is -2.56. The molecular formula is C33H40N4O5. The van der Waals surface area contributed by atoms with Crippen LogP contribution >= 0.6 is 0 Å². The number of carbonyl (C=O) groups excluding carboxylic acids is 3. The third-order valence-corrected chi connectivity index (χ3v) is 7.41. The lowest BCUT2D eigenvalue weighted by Gasteiger charge is -2.37. The molecule has 222 valence electrons. The minimum absolute atomic E-state index is 0.153. The first-order chi connectivity index (χ1) is 20.3. The number of likely N-dealkylation sites (N-methyl/N-ethyl adjacent to an activating group) is 1. The van der Waals surface area contributed by atoms with Crippen molar-refractivity contribution in [3.05, 3.63) is 95.6 Å². The summed E-state index contributed by atoms with van der Waals surface area (Å²) in [5.41, 5.74) is 8.30. The summed E-state index contributed by atoms with van der Waals surface area (Å²) >= 11 is 0. The number of hydrogen-bond donors (Lipinski definition) is 2. The van der Waals surface area contributed by atoms with Crippen molar-refractivity contribution in [3.8, 4) is 11.5 Å². The zero-order valence-electron chi connectivity index (χ0n) is 24.3. The first-order valence-corrected chi connectivity index (χ1v) is 14.4. The van der Waals surface area contributed by atoms with Gasteiger partial charge < -0.3 is 30.3 Å². The second-order valence-corrected chi connectivity index (χ2v) is 10.6. The van der Waals surface area contributed by atoms with E-state index in [4.69, 9.17) is 15.2 Å². The maximum atomic E-state index is 13.9. The Bertz CT molecular complexity index is 1330. The number of nitrogens with one attached hydrogen (secondary N) is 1. The third kappa shape index (κ3) is 8.57. The molecule has 9 nitrogen and oxygen atoms in total. The van der Waals surface area contributed by atoms with Gasteiger partial charge in [-0.05, 0) is 24.2 Å². The smallest absolute Gasteiger partial charge is 0.245 e. The highest BCUT2D eigenvalue weighted by molar-refractivity contribution is 5.90. The Hall–Kier alpha value is -4.37. The van der Waals surface area contributed by atoms with Gasteiger partial charge in [-0.1, -0.05) is 73.7 Å². The Balaban J connectivity index is 1.70. The summed E-state index contributed by atoms with van der Waals surface area (Å²) in [5, 5.41) is 2.90. The van der Waals surface area contributed by atoms with Crippen molar-refractivity contribution in [1.82, 2.24) is 15.1 Å². The highest BCUT2D eigenvalue weighted by atomic mass is 16.5. The number of rotatable bonds is 13. The zero-order chi connectivity index (χ0) is 29.9. The molecule has 2 atom stereocenters. The van der Waals surface area contributed by atoms with Crippen molar-refractivity contribution in [1.29, 1.82) is 0 Å². The maximum Gasteiger partial charge on any atom is 0.245 e. The largest absolute Gasteiger partial charge is 0.489 e. The Morgan fingerprint density at radius 2 is 1.45 bits per heavy atom. The number of nitrogens with zero attached hydrogens (tertiary/aromatic N) is 2.